The molecule has 0 aliphatic carbocycles. The van der Waals surface area contributed by atoms with E-state index in [-0.39, 0.29) is 0 Å². The summed E-state index contributed by atoms with van der Waals surface area (Å²) in [7, 11) is 1.53. The number of rotatable bonds is 4. The molecule has 0 saturated heterocycles. The van der Waals surface area contributed by atoms with Gasteiger partial charge in [0.25, 0.3) is 0 Å². The lowest BCUT2D eigenvalue weighted by molar-refractivity contribution is 0.385. The van der Waals surface area contributed by atoms with Crippen molar-refractivity contribution < 1.29 is 0 Å². The zero-order valence-corrected chi connectivity index (χ0v) is 10.2. The van der Waals surface area contributed by atoms with Crippen LogP contribution < -0.4 is 4.72 Å². The summed E-state index contributed by atoms with van der Waals surface area (Å²) in [5, 5.41) is 0. The van der Waals surface area contributed by atoms with Gasteiger partial charge in [-0.2, -0.15) is 0 Å². The van der Waals surface area contributed by atoms with Crippen molar-refractivity contribution in [1.82, 2.24) is 4.72 Å². The Morgan fingerprint density at radius 2 is 2.18 bits per heavy atom. The minimum atomic E-state index is 0.398. The van der Waals surface area contributed by atoms with Crippen molar-refractivity contribution in [3.63, 3.8) is 0 Å². The molecule has 0 bridgehead atoms. The molecule has 0 heterocycles. The maximum absolute atomic E-state index is 4.18. The Balaban J connectivity index is 3.27. The maximum Gasteiger partial charge on any atom is 0.0928 e. The highest BCUT2D eigenvalue weighted by atomic mass is 127. The third-order valence-corrected chi connectivity index (χ3v) is 2.14. The number of hydrogen-bond donors (Lipinski definition) is 1. The van der Waals surface area contributed by atoms with Crippen LogP contribution in [0.15, 0.2) is 4.99 Å². The molecule has 0 spiro atoms. The molecule has 4 heteroatoms. The molecule has 0 saturated carbocycles. The van der Waals surface area contributed by atoms with Gasteiger partial charge in [0.15, 0.2) is 0 Å². The Morgan fingerprint density at radius 3 is 2.64 bits per heavy atom. The highest BCUT2D eigenvalue weighted by Crippen LogP contribution is 2.17. The minimum Gasteiger partial charge on any atom is -0.312 e. The van der Waals surface area contributed by atoms with Gasteiger partial charge < -0.3 is 4.72 Å². The van der Waals surface area contributed by atoms with Gasteiger partial charge in [0.05, 0.1) is 6.34 Å². The molecule has 1 N–H and O–H groups in total. The van der Waals surface area contributed by atoms with Crippen molar-refractivity contribution in [2.45, 2.75) is 27.2 Å². The van der Waals surface area contributed by atoms with E-state index in [0.29, 0.717) is 5.41 Å². The first kappa shape index (κ1) is 11.6. The number of nitrogens with zero attached hydrogens (tertiary/aromatic N) is 1. The van der Waals surface area contributed by atoms with E-state index in [1.165, 1.54) is 9.12 Å². The molecule has 0 aromatic carbocycles. The summed E-state index contributed by atoms with van der Waals surface area (Å²) in [6, 6.07) is 0. The monoisotopic (exact) mass is 286 g/mol. The normalized spacial score (nSPS) is 12.4. The van der Waals surface area contributed by atoms with Gasteiger partial charge >= 0.3 is 0 Å². The van der Waals surface area contributed by atoms with Crippen LogP contribution in [-0.2, 0) is 0 Å². The molecule has 11 heavy (non-hydrogen) atoms. The van der Waals surface area contributed by atoms with E-state index in [4.69, 9.17) is 0 Å². The fraction of sp³-hybridized carbons (Fsp3) is 0.857. The van der Waals surface area contributed by atoms with Gasteiger partial charge in [-0.3, -0.25) is 4.99 Å². The summed E-state index contributed by atoms with van der Waals surface area (Å²) in [4.78, 5) is 4.18. The lowest BCUT2D eigenvalue weighted by Gasteiger charge is -2.15. The van der Waals surface area contributed by atoms with Crippen LogP contribution in [0, 0.1) is 5.41 Å². The quantitative estimate of drug-likeness (QED) is 0.372. The van der Waals surface area contributed by atoms with Crippen molar-refractivity contribution in [3.8, 4) is 0 Å². The molecule has 0 aliphatic heterocycles. The molecule has 2 nitrogen and oxygen atoms in total. The topological polar surface area (TPSA) is 24.4 Å². The SMILES string of the molecule is CC(C)(C)CCN=CNSI. The fourth-order valence-corrected chi connectivity index (χ4v) is 0.977. The van der Waals surface area contributed by atoms with Crippen LogP contribution in [0.2, 0.25) is 0 Å². The molecule has 0 aliphatic rings. The smallest absolute Gasteiger partial charge is 0.0928 e. The van der Waals surface area contributed by atoms with Gasteiger partial charge in [-0.1, -0.05) is 20.8 Å². The van der Waals surface area contributed by atoms with E-state index in [0.717, 1.165) is 13.0 Å². The molecule has 0 amide bonds. The van der Waals surface area contributed by atoms with Crippen molar-refractivity contribution in [2.75, 3.05) is 6.54 Å². The van der Waals surface area contributed by atoms with Crippen LogP contribution in [0.1, 0.15) is 27.2 Å². The van der Waals surface area contributed by atoms with Crippen molar-refractivity contribution in [1.29, 1.82) is 0 Å². The van der Waals surface area contributed by atoms with E-state index < -0.39 is 0 Å². The van der Waals surface area contributed by atoms with E-state index in [9.17, 15) is 0 Å². The minimum absolute atomic E-state index is 0.398. The van der Waals surface area contributed by atoms with Crippen molar-refractivity contribution in [3.05, 3.63) is 0 Å². The second-order valence-electron chi connectivity index (χ2n) is 3.54. The Morgan fingerprint density at radius 1 is 1.55 bits per heavy atom. The van der Waals surface area contributed by atoms with E-state index in [1.54, 1.807) is 6.34 Å². The maximum atomic E-state index is 4.18. The Bertz CT molecular complexity index is 120. The summed E-state index contributed by atoms with van der Waals surface area (Å²) >= 11 is 2.17. The number of halogens is 1. The van der Waals surface area contributed by atoms with E-state index in [1.807, 2.05) is 0 Å². The molecule has 0 aromatic rings. The lowest BCUT2D eigenvalue weighted by atomic mass is 9.93. The fourth-order valence-electron chi connectivity index (χ4n) is 0.522. The Labute approximate surface area is 85.3 Å². The highest BCUT2D eigenvalue weighted by molar-refractivity contribution is 14.2. The van der Waals surface area contributed by atoms with Crippen LogP contribution in [0.3, 0.4) is 0 Å². The number of aliphatic imine (C=N–C) groups is 1. The van der Waals surface area contributed by atoms with Crippen molar-refractivity contribution in [2.24, 2.45) is 10.4 Å². The first-order chi connectivity index (χ1) is 5.06. The molecule has 0 radical (unpaired) electrons. The Kier molecular flexibility index (Phi) is 6.41. The molecular formula is C7H15IN2S. The van der Waals surface area contributed by atoms with E-state index >= 15 is 0 Å². The predicted molar refractivity (Wildman–Crippen MR) is 62.2 cm³/mol. The zero-order valence-electron chi connectivity index (χ0n) is 7.22. The van der Waals surface area contributed by atoms with Gasteiger partial charge in [-0.15, -0.1) is 0 Å². The summed E-state index contributed by atoms with van der Waals surface area (Å²) in [6.45, 7) is 7.59. The van der Waals surface area contributed by atoms with Gasteiger partial charge in [0, 0.05) is 36.9 Å². The van der Waals surface area contributed by atoms with Crippen LogP contribution in [0.5, 0.6) is 0 Å². The number of hydrogen-bond acceptors (Lipinski definition) is 2. The first-order valence-corrected chi connectivity index (χ1v) is 6.93. The second-order valence-corrected chi connectivity index (χ2v) is 5.25. The summed E-state index contributed by atoms with van der Waals surface area (Å²) in [6.07, 6.45) is 2.89. The molecule has 0 rings (SSSR count). The summed E-state index contributed by atoms with van der Waals surface area (Å²) in [5.41, 5.74) is 0.398. The third-order valence-electron chi connectivity index (χ3n) is 1.18. The molecule has 0 unspecified atom stereocenters. The van der Waals surface area contributed by atoms with Gasteiger partial charge in [-0.25, -0.2) is 0 Å². The standard InChI is InChI=1S/C7H15IN2S/c1-7(2,3)4-5-9-6-10-11-8/h6H,4-5H2,1-3H3,(H,9,10). The van der Waals surface area contributed by atoms with E-state index in [2.05, 4.69) is 51.7 Å². The van der Waals surface area contributed by atoms with Gasteiger partial charge in [-0.05, 0) is 11.8 Å². The first-order valence-electron chi connectivity index (χ1n) is 3.58. The number of nitrogens with one attached hydrogen (secondary N) is 1. The summed E-state index contributed by atoms with van der Waals surface area (Å²) < 4.78 is 2.95. The molecular weight excluding hydrogens is 271 g/mol. The van der Waals surface area contributed by atoms with Gasteiger partial charge in [0.2, 0.25) is 0 Å². The molecule has 0 atom stereocenters. The third kappa shape index (κ3) is 10.6. The molecule has 0 aromatic heterocycles. The highest BCUT2D eigenvalue weighted by Gasteiger charge is 2.07. The average molecular weight is 286 g/mol. The van der Waals surface area contributed by atoms with Crippen LogP contribution in [-0.4, -0.2) is 12.9 Å². The average Bonchev–Trinajstić information content (AvgIpc) is 1.85. The zero-order chi connectivity index (χ0) is 8.74. The van der Waals surface area contributed by atoms with Crippen LogP contribution >= 0.6 is 30.3 Å². The summed E-state index contributed by atoms with van der Waals surface area (Å²) in [5.74, 6) is 0. The van der Waals surface area contributed by atoms with Crippen LogP contribution in [0.4, 0.5) is 0 Å². The van der Waals surface area contributed by atoms with Crippen LogP contribution in [0.25, 0.3) is 0 Å². The Hall–Kier alpha value is 0.550. The predicted octanol–water partition coefficient (Wildman–Crippen LogP) is 3.04. The second kappa shape index (κ2) is 6.11. The molecule has 0 fully saturated rings. The largest absolute Gasteiger partial charge is 0.312 e. The van der Waals surface area contributed by atoms with Crippen molar-refractivity contribution >= 4 is 36.7 Å². The van der Waals surface area contributed by atoms with Gasteiger partial charge in [0.1, 0.15) is 0 Å². The molecule has 66 valence electrons. The lowest BCUT2D eigenvalue weighted by Crippen LogP contribution is -2.07.